The minimum Gasteiger partial charge on any atom is -0.399 e. The number of carbonyl (C=O) groups excluding carboxylic acids is 1. The molecule has 1 aromatic carbocycles. The van der Waals surface area contributed by atoms with E-state index in [-0.39, 0.29) is 5.56 Å². The molecule has 2 atom stereocenters. The van der Waals surface area contributed by atoms with E-state index in [1.807, 2.05) is 27.7 Å². The lowest BCUT2D eigenvalue weighted by molar-refractivity contribution is -0.155. The molecule has 29 heavy (non-hydrogen) atoms. The summed E-state index contributed by atoms with van der Waals surface area (Å²) in [7, 11) is -0.646. The molecule has 3 rings (SSSR count). The molecule has 1 aromatic rings. The Balaban J connectivity index is 1.77. The Morgan fingerprint density at radius 2 is 1.76 bits per heavy atom. The smallest absolute Gasteiger partial charge is 0.399 e. The van der Waals surface area contributed by atoms with E-state index in [1.165, 1.54) is 17.0 Å². The van der Waals surface area contributed by atoms with Crippen LogP contribution in [0.1, 0.15) is 58.6 Å². The predicted molar refractivity (Wildman–Crippen MR) is 105 cm³/mol. The van der Waals surface area contributed by atoms with Crippen molar-refractivity contribution in [1.29, 1.82) is 0 Å². The number of alkyl halides is 3. The number of likely N-dealkylation sites (tertiary alicyclic amines) is 1. The first-order chi connectivity index (χ1) is 13.5. The zero-order valence-corrected chi connectivity index (χ0v) is 17.3. The van der Waals surface area contributed by atoms with Gasteiger partial charge in [-0.2, -0.15) is 13.2 Å². The number of nitrogens with one attached hydrogen (secondary N) is 1. The van der Waals surface area contributed by atoms with Crippen LogP contribution in [0.25, 0.3) is 0 Å². The highest BCUT2D eigenvalue weighted by atomic mass is 19.4. The van der Waals surface area contributed by atoms with Gasteiger partial charge in [-0.1, -0.05) is 31.2 Å². The molecule has 0 spiro atoms. The number of carbonyl (C=O) groups is 1. The normalized spacial score (nSPS) is 25.3. The van der Waals surface area contributed by atoms with Gasteiger partial charge in [-0.05, 0) is 51.1 Å². The van der Waals surface area contributed by atoms with Crippen LogP contribution < -0.4 is 10.8 Å². The zero-order valence-electron chi connectivity index (χ0n) is 17.3. The fraction of sp³-hybridized carbons (Fsp3) is 0.650. The van der Waals surface area contributed by atoms with Crippen LogP contribution in [0.3, 0.4) is 0 Å². The van der Waals surface area contributed by atoms with Gasteiger partial charge in [-0.3, -0.25) is 0 Å². The van der Waals surface area contributed by atoms with E-state index >= 15 is 0 Å². The molecule has 0 unspecified atom stereocenters. The number of benzene rings is 1. The summed E-state index contributed by atoms with van der Waals surface area (Å²) in [6, 6.07) is 3.14. The lowest BCUT2D eigenvalue weighted by atomic mass is 9.78. The lowest BCUT2D eigenvalue weighted by Crippen LogP contribution is -2.45. The third kappa shape index (κ3) is 4.40. The van der Waals surface area contributed by atoms with Gasteiger partial charge in [0.15, 0.2) is 6.04 Å². The second kappa shape index (κ2) is 7.83. The summed E-state index contributed by atoms with van der Waals surface area (Å²) in [6.07, 6.45) is -2.23. The molecule has 2 saturated heterocycles. The van der Waals surface area contributed by atoms with Gasteiger partial charge in [-0.15, -0.1) is 0 Å². The van der Waals surface area contributed by atoms with Crippen LogP contribution in [0, 0.1) is 0 Å². The molecular weight excluding hydrogens is 384 g/mol. The first-order valence-electron chi connectivity index (χ1n) is 10.0. The second-order valence-corrected chi connectivity index (χ2v) is 8.45. The summed E-state index contributed by atoms with van der Waals surface area (Å²) in [4.78, 5) is 13.6. The summed E-state index contributed by atoms with van der Waals surface area (Å²) < 4.78 is 53.0. The van der Waals surface area contributed by atoms with Crippen molar-refractivity contribution in [3.63, 3.8) is 0 Å². The Labute approximate surface area is 170 Å². The van der Waals surface area contributed by atoms with Gasteiger partial charge in [0, 0.05) is 13.1 Å². The minimum absolute atomic E-state index is 0.0238. The Morgan fingerprint density at radius 1 is 1.17 bits per heavy atom. The monoisotopic (exact) mass is 412 g/mol. The molecule has 2 heterocycles. The Bertz CT molecular complexity index is 735. The first kappa shape index (κ1) is 22.0. The number of rotatable bonds is 4. The van der Waals surface area contributed by atoms with E-state index in [0.29, 0.717) is 18.6 Å². The van der Waals surface area contributed by atoms with Crippen LogP contribution in [-0.2, 0) is 9.31 Å². The fourth-order valence-corrected chi connectivity index (χ4v) is 3.77. The fourth-order valence-electron chi connectivity index (χ4n) is 3.77. The third-order valence-electron chi connectivity index (χ3n) is 6.25. The molecule has 1 N–H and O–H groups in total. The molecule has 0 aromatic heterocycles. The SMILES string of the molecule is CC[C@]1(C)OB(c2ccc([C@H](NC(=O)N3CCCC3)C(F)(F)F)cc2)OC1(C)C. The largest absolute Gasteiger partial charge is 0.494 e. The molecule has 0 radical (unpaired) electrons. The summed E-state index contributed by atoms with van der Waals surface area (Å²) in [5.74, 6) is 0. The number of hydrogen-bond donors (Lipinski definition) is 1. The van der Waals surface area contributed by atoms with E-state index in [9.17, 15) is 18.0 Å². The number of halogens is 3. The number of hydrogen-bond acceptors (Lipinski definition) is 3. The van der Waals surface area contributed by atoms with Crippen molar-refractivity contribution in [2.45, 2.75) is 70.4 Å². The number of urea groups is 1. The molecule has 2 aliphatic rings. The van der Waals surface area contributed by atoms with Crippen LogP contribution in [0.5, 0.6) is 0 Å². The molecule has 0 saturated carbocycles. The summed E-state index contributed by atoms with van der Waals surface area (Å²) >= 11 is 0. The van der Waals surface area contributed by atoms with Crippen molar-refractivity contribution in [2.75, 3.05) is 13.1 Å². The molecule has 9 heteroatoms. The first-order valence-corrected chi connectivity index (χ1v) is 10.0. The molecular formula is C20H28BF3N2O3. The highest BCUT2D eigenvalue weighted by molar-refractivity contribution is 6.62. The highest BCUT2D eigenvalue weighted by Crippen LogP contribution is 2.39. The van der Waals surface area contributed by atoms with Crippen LogP contribution in [0.4, 0.5) is 18.0 Å². The average molecular weight is 412 g/mol. The lowest BCUT2D eigenvalue weighted by Gasteiger charge is -2.35. The van der Waals surface area contributed by atoms with E-state index in [0.717, 1.165) is 19.3 Å². The van der Waals surface area contributed by atoms with Crippen LogP contribution >= 0.6 is 0 Å². The van der Waals surface area contributed by atoms with Gasteiger partial charge in [-0.25, -0.2) is 4.79 Å². The molecule has 2 amide bonds. The highest BCUT2D eigenvalue weighted by Gasteiger charge is 2.53. The Morgan fingerprint density at radius 3 is 2.24 bits per heavy atom. The minimum atomic E-state index is -4.60. The Hall–Kier alpha value is -1.74. The van der Waals surface area contributed by atoms with Crippen LogP contribution in [0.15, 0.2) is 24.3 Å². The third-order valence-corrected chi connectivity index (χ3v) is 6.25. The van der Waals surface area contributed by atoms with Gasteiger partial charge in [0.2, 0.25) is 0 Å². The van der Waals surface area contributed by atoms with E-state index in [4.69, 9.17) is 9.31 Å². The van der Waals surface area contributed by atoms with Gasteiger partial charge < -0.3 is 19.5 Å². The number of amides is 2. The van der Waals surface area contributed by atoms with E-state index < -0.39 is 36.6 Å². The number of nitrogens with zero attached hydrogens (tertiary/aromatic N) is 1. The second-order valence-electron chi connectivity index (χ2n) is 8.45. The van der Waals surface area contributed by atoms with Crippen molar-refractivity contribution in [1.82, 2.24) is 10.2 Å². The molecule has 160 valence electrons. The van der Waals surface area contributed by atoms with Crippen molar-refractivity contribution in [3.05, 3.63) is 29.8 Å². The quantitative estimate of drug-likeness (QED) is 0.766. The van der Waals surface area contributed by atoms with Gasteiger partial charge in [0.05, 0.1) is 11.2 Å². The standard InChI is InChI=1S/C20H28BF3N2O3/c1-5-19(4)18(2,3)28-21(29-19)15-10-8-14(9-11-15)16(20(22,23)24)25-17(27)26-12-6-7-13-26/h8-11,16H,5-7,12-13H2,1-4H3,(H,25,27)/t16-,19-/m0/s1. The topological polar surface area (TPSA) is 50.8 Å². The molecule has 0 aliphatic carbocycles. The Kier molecular flexibility index (Phi) is 5.93. The van der Waals surface area contributed by atoms with Gasteiger partial charge >= 0.3 is 19.3 Å². The average Bonchev–Trinajstić information content (AvgIpc) is 3.26. The van der Waals surface area contributed by atoms with Crippen molar-refractivity contribution >= 4 is 18.6 Å². The van der Waals surface area contributed by atoms with Gasteiger partial charge in [0.25, 0.3) is 0 Å². The van der Waals surface area contributed by atoms with Gasteiger partial charge in [0.1, 0.15) is 0 Å². The molecule has 0 bridgehead atoms. The molecule has 2 aliphatic heterocycles. The molecule has 5 nitrogen and oxygen atoms in total. The van der Waals surface area contributed by atoms with E-state index in [2.05, 4.69) is 5.32 Å². The van der Waals surface area contributed by atoms with E-state index in [1.54, 1.807) is 12.1 Å². The van der Waals surface area contributed by atoms with Crippen molar-refractivity contribution in [2.24, 2.45) is 0 Å². The maximum Gasteiger partial charge on any atom is 0.494 e. The van der Waals surface area contributed by atoms with Crippen LogP contribution in [0.2, 0.25) is 0 Å². The summed E-state index contributed by atoms with van der Waals surface area (Å²) in [5, 5.41) is 2.14. The zero-order chi connectivity index (χ0) is 21.4. The van der Waals surface area contributed by atoms with Crippen molar-refractivity contribution < 1.29 is 27.3 Å². The maximum atomic E-state index is 13.6. The van der Waals surface area contributed by atoms with Crippen molar-refractivity contribution in [3.8, 4) is 0 Å². The summed E-state index contributed by atoms with van der Waals surface area (Å²) in [5.41, 5.74) is -0.396. The summed E-state index contributed by atoms with van der Waals surface area (Å²) in [6.45, 7) is 8.83. The van der Waals surface area contributed by atoms with Crippen LogP contribution in [-0.4, -0.2) is 48.5 Å². The maximum absolute atomic E-state index is 13.6. The predicted octanol–water partition coefficient (Wildman–Crippen LogP) is 3.78. The molecule has 2 fully saturated rings.